The molecule has 3 nitrogen and oxygen atoms in total. The average molecular weight is 301 g/mol. The van der Waals surface area contributed by atoms with Crippen LogP contribution in [0.2, 0.25) is 0 Å². The number of hydrogen-bond donors (Lipinski definition) is 1. The number of nitrogens with zero attached hydrogens (tertiary/aromatic N) is 2. The fourth-order valence-corrected chi connectivity index (χ4v) is 4.86. The number of para-hydroxylation sites is 1. The maximum Gasteiger partial charge on any atom is 0.108 e. The van der Waals surface area contributed by atoms with Crippen molar-refractivity contribution in [1.82, 2.24) is 15.2 Å². The van der Waals surface area contributed by atoms with Crippen molar-refractivity contribution >= 4 is 21.6 Å². The molecular formula is C17H23N3S. The zero-order valence-corrected chi connectivity index (χ0v) is 13.2. The summed E-state index contributed by atoms with van der Waals surface area (Å²) in [6.45, 7) is 3.47. The number of aromatic nitrogens is 1. The van der Waals surface area contributed by atoms with E-state index < -0.39 is 0 Å². The molecule has 21 heavy (non-hydrogen) atoms. The van der Waals surface area contributed by atoms with Gasteiger partial charge in [-0.3, -0.25) is 4.90 Å². The lowest BCUT2D eigenvalue weighted by Gasteiger charge is -2.38. The third-order valence-corrected chi connectivity index (χ3v) is 5.92. The predicted octanol–water partition coefficient (Wildman–Crippen LogP) is 3.40. The van der Waals surface area contributed by atoms with Gasteiger partial charge in [0.2, 0.25) is 0 Å². The zero-order valence-electron chi connectivity index (χ0n) is 12.4. The SMILES string of the molecule is c1ccc2sc(CN3CCCCC3C3CCCN3)nc2c1. The first-order chi connectivity index (χ1) is 10.4. The summed E-state index contributed by atoms with van der Waals surface area (Å²) in [5.74, 6) is 0. The number of piperidine rings is 1. The Morgan fingerprint density at radius 3 is 3.00 bits per heavy atom. The van der Waals surface area contributed by atoms with Crippen LogP contribution < -0.4 is 5.32 Å². The monoisotopic (exact) mass is 301 g/mol. The molecule has 0 spiro atoms. The summed E-state index contributed by atoms with van der Waals surface area (Å²) in [6.07, 6.45) is 6.77. The zero-order chi connectivity index (χ0) is 14.1. The Hall–Kier alpha value is -0.970. The summed E-state index contributed by atoms with van der Waals surface area (Å²) in [7, 11) is 0. The largest absolute Gasteiger partial charge is 0.312 e. The van der Waals surface area contributed by atoms with Gasteiger partial charge in [-0.2, -0.15) is 0 Å². The smallest absolute Gasteiger partial charge is 0.108 e. The molecule has 0 bridgehead atoms. The van der Waals surface area contributed by atoms with Crippen LogP contribution in [0.4, 0.5) is 0 Å². The first-order valence-corrected chi connectivity index (χ1v) is 9.04. The molecule has 112 valence electrons. The van der Waals surface area contributed by atoms with Crippen molar-refractivity contribution < 1.29 is 0 Å². The highest BCUT2D eigenvalue weighted by Gasteiger charge is 2.31. The Labute approximate surface area is 130 Å². The molecule has 0 amide bonds. The van der Waals surface area contributed by atoms with Crippen LogP contribution in [-0.4, -0.2) is 35.1 Å². The minimum Gasteiger partial charge on any atom is -0.312 e. The molecule has 0 radical (unpaired) electrons. The topological polar surface area (TPSA) is 28.2 Å². The molecule has 2 atom stereocenters. The van der Waals surface area contributed by atoms with Crippen molar-refractivity contribution in [3.63, 3.8) is 0 Å². The van der Waals surface area contributed by atoms with E-state index in [1.807, 2.05) is 11.3 Å². The molecule has 2 saturated heterocycles. The summed E-state index contributed by atoms with van der Waals surface area (Å²) < 4.78 is 1.32. The van der Waals surface area contributed by atoms with Gasteiger partial charge in [-0.25, -0.2) is 4.98 Å². The fraction of sp³-hybridized carbons (Fsp3) is 0.588. The molecule has 2 unspecified atom stereocenters. The van der Waals surface area contributed by atoms with Gasteiger partial charge >= 0.3 is 0 Å². The van der Waals surface area contributed by atoms with Gasteiger partial charge in [0.25, 0.3) is 0 Å². The lowest BCUT2D eigenvalue weighted by Crippen LogP contribution is -2.49. The number of benzene rings is 1. The summed E-state index contributed by atoms with van der Waals surface area (Å²) >= 11 is 1.86. The van der Waals surface area contributed by atoms with Crippen molar-refractivity contribution in [2.45, 2.75) is 50.7 Å². The van der Waals surface area contributed by atoms with E-state index in [9.17, 15) is 0 Å². The molecule has 0 saturated carbocycles. The number of likely N-dealkylation sites (tertiary alicyclic amines) is 1. The molecule has 1 aromatic carbocycles. The van der Waals surface area contributed by atoms with Gasteiger partial charge in [0.15, 0.2) is 0 Å². The lowest BCUT2D eigenvalue weighted by atomic mass is 9.94. The van der Waals surface area contributed by atoms with Crippen LogP contribution in [0, 0.1) is 0 Å². The van der Waals surface area contributed by atoms with Crippen molar-refractivity contribution in [3.8, 4) is 0 Å². The first kappa shape index (κ1) is 13.7. The van der Waals surface area contributed by atoms with Crippen LogP contribution >= 0.6 is 11.3 Å². The van der Waals surface area contributed by atoms with Crippen molar-refractivity contribution in [2.24, 2.45) is 0 Å². The molecule has 4 rings (SSSR count). The van der Waals surface area contributed by atoms with Gasteiger partial charge in [0.1, 0.15) is 5.01 Å². The second-order valence-electron chi connectivity index (χ2n) is 6.31. The van der Waals surface area contributed by atoms with Crippen LogP contribution in [0.25, 0.3) is 10.2 Å². The minimum absolute atomic E-state index is 0.708. The molecule has 1 aromatic heterocycles. The Morgan fingerprint density at radius 2 is 2.14 bits per heavy atom. The standard InChI is InChI=1S/C17H23N3S/c1-2-9-16-14(6-1)19-17(21-16)12-20-11-4-3-8-15(20)13-7-5-10-18-13/h1-2,6,9,13,15,18H,3-5,7-8,10-12H2. The maximum absolute atomic E-state index is 4.82. The van der Waals surface area contributed by atoms with E-state index in [-0.39, 0.29) is 0 Å². The summed E-state index contributed by atoms with van der Waals surface area (Å²) in [5.41, 5.74) is 1.16. The Morgan fingerprint density at radius 1 is 1.19 bits per heavy atom. The summed E-state index contributed by atoms with van der Waals surface area (Å²) in [4.78, 5) is 7.51. The molecule has 1 N–H and O–H groups in total. The van der Waals surface area contributed by atoms with E-state index >= 15 is 0 Å². The van der Waals surface area contributed by atoms with Crippen LogP contribution in [0.15, 0.2) is 24.3 Å². The predicted molar refractivity (Wildman–Crippen MR) is 88.7 cm³/mol. The Bertz CT molecular complexity index is 570. The number of fused-ring (bicyclic) bond motifs is 1. The molecule has 2 aliphatic heterocycles. The number of thiazole rings is 1. The molecule has 2 aromatic rings. The van der Waals surface area contributed by atoms with Gasteiger partial charge in [-0.1, -0.05) is 18.6 Å². The van der Waals surface area contributed by atoms with Gasteiger partial charge in [-0.15, -0.1) is 11.3 Å². The van der Waals surface area contributed by atoms with Crippen LogP contribution in [0.1, 0.15) is 37.1 Å². The molecule has 3 heterocycles. The Kier molecular flexibility index (Phi) is 3.93. The third kappa shape index (κ3) is 2.85. The molecule has 2 fully saturated rings. The molecule has 2 aliphatic rings. The number of nitrogens with one attached hydrogen (secondary N) is 1. The van der Waals surface area contributed by atoms with Crippen molar-refractivity contribution in [1.29, 1.82) is 0 Å². The van der Waals surface area contributed by atoms with Crippen molar-refractivity contribution in [2.75, 3.05) is 13.1 Å². The molecule has 4 heteroatoms. The van der Waals surface area contributed by atoms with Crippen LogP contribution in [-0.2, 0) is 6.54 Å². The fourth-order valence-electron chi connectivity index (χ4n) is 3.87. The van der Waals surface area contributed by atoms with Crippen molar-refractivity contribution in [3.05, 3.63) is 29.3 Å². The van der Waals surface area contributed by atoms with E-state index in [4.69, 9.17) is 4.98 Å². The second-order valence-corrected chi connectivity index (χ2v) is 7.43. The highest BCUT2D eigenvalue weighted by atomic mass is 32.1. The number of rotatable bonds is 3. The highest BCUT2D eigenvalue weighted by molar-refractivity contribution is 7.18. The number of hydrogen-bond acceptors (Lipinski definition) is 4. The third-order valence-electron chi connectivity index (χ3n) is 4.90. The first-order valence-electron chi connectivity index (χ1n) is 8.22. The second kappa shape index (κ2) is 6.03. The van der Waals surface area contributed by atoms with Gasteiger partial charge in [0.05, 0.1) is 16.8 Å². The normalized spacial score (nSPS) is 27.4. The Balaban J connectivity index is 1.53. The lowest BCUT2D eigenvalue weighted by molar-refractivity contribution is 0.112. The minimum atomic E-state index is 0.708. The van der Waals surface area contributed by atoms with E-state index in [2.05, 4.69) is 34.5 Å². The van der Waals surface area contributed by atoms with Crippen LogP contribution in [0.5, 0.6) is 0 Å². The quantitative estimate of drug-likeness (QED) is 0.942. The average Bonchev–Trinajstić information content (AvgIpc) is 3.16. The summed E-state index contributed by atoms with van der Waals surface area (Å²) in [5, 5.41) is 4.99. The summed E-state index contributed by atoms with van der Waals surface area (Å²) in [6, 6.07) is 9.92. The van der Waals surface area contributed by atoms with Gasteiger partial charge in [-0.05, 0) is 50.9 Å². The van der Waals surface area contributed by atoms with Crippen LogP contribution in [0.3, 0.4) is 0 Å². The van der Waals surface area contributed by atoms with E-state index in [1.165, 1.54) is 54.9 Å². The van der Waals surface area contributed by atoms with Gasteiger partial charge in [0, 0.05) is 12.1 Å². The van der Waals surface area contributed by atoms with E-state index in [0.29, 0.717) is 12.1 Å². The molecular weight excluding hydrogens is 278 g/mol. The molecule has 0 aliphatic carbocycles. The highest BCUT2D eigenvalue weighted by Crippen LogP contribution is 2.28. The van der Waals surface area contributed by atoms with Gasteiger partial charge < -0.3 is 5.32 Å². The van der Waals surface area contributed by atoms with E-state index in [1.54, 1.807) is 0 Å². The maximum atomic E-state index is 4.82. The van der Waals surface area contributed by atoms with E-state index in [0.717, 1.165) is 12.1 Å².